The molecular formula is C14H22N2OS. The van der Waals surface area contributed by atoms with Gasteiger partial charge in [-0.3, -0.25) is 9.69 Å². The minimum absolute atomic E-state index is 0.307. The van der Waals surface area contributed by atoms with Gasteiger partial charge in [-0.05, 0) is 33.2 Å². The van der Waals surface area contributed by atoms with Gasteiger partial charge in [0.25, 0.3) is 0 Å². The molecule has 0 amide bonds. The zero-order valence-corrected chi connectivity index (χ0v) is 12.1. The molecule has 0 saturated carbocycles. The first kappa shape index (κ1) is 13.7. The summed E-state index contributed by atoms with van der Waals surface area (Å²) in [6.45, 7) is 5.76. The van der Waals surface area contributed by atoms with Crippen LogP contribution in [0.3, 0.4) is 0 Å². The molecule has 0 N–H and O–H groups in total. The second-order valence-electron chi connectivity index (χ2n) is 5.24. The average Bonchev–Trinajstić information content (AvgIpc) is 2.58. The van der Waals surface area contributed by atoms with Crippen LogP contribution in [0.2, 0.25) is 0 Å². The lowest BCUT2D eigenvalue weighted by molar-refractivity contribution is -0.118. The Morgan fingerprint density at radius 2 is 2.33 bits per heavy atom. The van der Waals surface area contributed by atoms with Gasteiger partial charge in [-0.2, -0.15) is 0 Å². The molecule has 1 fully saturated rings. The van der Waals surface area contributed by atoms with Crippen LogP contribution in [-0.2, 0) is 11.3 Å². The van der Waals surface area contributed by atoms with Crippen LogP contribution in [-0.4, -0.2) is 28.3 Å². The van der Waals surface area contributed by atoms with Crippen molar-refractivity contribution < 1.29 is 4.79 Å². The van der Waals surface area contributed by atoms with E-state index in [1.165, 1.54) is 19.3 Å². The lowest BCUT2D eigenvalue weighted by Crippen LogP contribution is -2.35. The highest BCUT2D eigenvalue weighted by Crippen LogP contribution is 2.22. The van der Waals surface area contributed by atoms with E-state index in [0.717, 1.165) is 30.2 Å². The monoisotopic (exact) mass is 266 g/mol. The fourth-order valence-electron chi connectivity index (χ4n) is 2.70. The molecule has 1 aliphatic rings. The molecule has 4 heteroatoms. The van der Waals surface area contributed by atoms with Crippen molar-refractivity contribution in [3.8, 4) is 0 Å². The largest absolute Gasteiger partial charge is 0.300 e. The van der Waals surface area contributed by atoms with Gasteiger partial charge in [0.15, 0.2) is 0 Å². The predicted molar refractivity (Wildman–Crippen MR) is 74.8 cm³/mol. The summed E-state index contributed by atoms with van der Waals surface area (Å²) in [4.78, 5) is 18.4. The maximum Gasteiger partial charge on any atom is 0.131 e. The van der Waals surface area contributed by atoms with E-state index in [1.807, 2.05) is 6.92 Å². The van der Waals surface area contributed by atoms with Crippen LogP contribution < -0.4 is 0 Å². The van der Waals surface area contributed by atoms with E-state index in [0.29, 0.717) is 18.2 Å². The Morgan fingerprint density at radius 1 is 1.50 bits per heavy atom. The molecule has 0 spiro atoms. The number of rotatable bonds is 4. The van der Waals surface area contributed by atoms with E-state index in [1.54, 1.807) is 18.3 Å². The number of aromatic nitrogens is 1. The minimum atomic E-state index is 0.307. The van der Waals surface area contributed by atoms with Crippen molar-refractivity contribution in [2.45, 2.75) is 58.5 Å². The first-order chi connectivity index (χ1) is 8.65. The second kappa shape index (κ2) is 6.43. The summed E-state index contributed by atoms with van der Waals surface area (Å²) in [6, 6.07) is 0.423. The molecule has 0 aromatic carbocycles. The molecule has 100 valence electrons. The number of nitrogens with zero attached hydrogens (tertiary/aromatic N) is 2. The van der Waals surface area contributed by atoms with Crippen LogP contribution in [0.5, 0.6) is 0 Å². The second-order valence-corrected chi connectivity index (χ2v) is 6.30. The smallest absolute Gasteiger partial charge is 0.131 e. The molecular weight excluding hydrogens is 244 g/mol. The maximum atomic E-state index is 11.4. The number of carbonyl (C=O) groups is 1. The van der Waals surface area contributed by atoms with Gasteiger partial charge in [0, 0.05) is 24.4 Å². The van der Waals surface area contributed by atoms with E-state index in [2.05, 4.69) is 15.3 Å². The molecule has 3 nitrogen and oxygen atoms in total. The summed E-state index contributed by atoms with van der Waals surface area (Å²) in [5.41, 5.74) is 1.16. The van der Waals surface area contributed by atoms with Gasteiger partial charge in [-0.25, -0.2) is 4.98 Å². The first-order valence-electron chi connectivity index (χ1n) is 6.79. The Hall–Kier alpha value is -0.740. The topological polar surface area (TPSA) is 33.2 Å². The third-order valence-corrected chi connectivity index (χ3v) is 4.38. The van der Waals surface area contributed by atoms with Crippen LogP contribution in [0.4, 0.5) is 0 Å². The van der Waals surface area contributed by atoms with Crippen LogP contribution in [0, 0.1) is 6.92 Å². The molecule has 18 heavy (non-hydrogen) atoms. The van der Waals surface area contributed by atoms with Crippen LogP contribution in [0.1, 0.15) is 49.7 Å². The summed E-state index contributed by atoms with van der Waals surface area (Å²) < 4.78 is 0. The first-order valence-corrected chi connectivity index (χ1v) is 7.67. The Balaban J connectivity index is 2.02. The molecule has 1 aromatic rings. The number of ketones is 1. The number of hydrogen-bond acceptors (Lipinski definition) is 4. The average molecular weight is 266 g/mol. The number of likely N-dealkylation sites (tertiary alicyclic amines) is 1. The van der Waals surface area contributed by atoms with Gasteiger partial charge in [0.05, 0.1) is 10.7 Å². The lowest BCUT2D eigenvalue weighted by atomic mass is 10.0. The highest BCUT2D eigenvalue weighted by atomic mass is 32.1. The maximum absolute atomic E-state index is 11.4. The normalized spacial score (nSPS) is 21.8. The van der Waals surface area contributed by atoms with Gasteiger partial charge < -0.3 is 0 Å². The third kappa shape index (κ3) is 3.89. The zero-order chi connectivity index (χ0) is 13.0. The quantitative estimate of drug-likeness (QED) is 0.839. The van der Waals surface area contributed by atoms with Crippen molar-refractivity contribution in [1.29, 1.82) is 0 Å². The summed E-state index contributed by atoms with van der Waals surface area (Å²) in [6.07, 6.45) is 5.65. The molecule has 0 radical (unpaired) electrons. The number of carbonyl (C=O) groups excluding carboxylic acids is 1. The van der Waals surface area contributed by atoms with E-state index in [4.69, 9.17) is 0 Å². The van der Waals surface area contributed by atoms with Gasteiger partial charge in [-0.15, -0.1) is 11.3 Å². The third-order valence-electron chi connectivity index (χ3n) is 3.55. The van der Waals surface area contributed by atoms with Crippen molar-refractivity contribution in [2.24, 2.45) is 0 Å². The number of Topliss-reactive ketones (excluding diaryl/α,β-unsaturated/α-hetero) is 1. The van der Waals surface area contributed by atoms with Crippen LogP contribution in [0.25, 0.3) is 0 Å². The summed E-state index contributed by atoms with van der Waals surface area (Å²) in [5, 5.41) is 3.27. The Bertz CT molecular complexity index is 402. The van der Waals surface area contributed by atoms with Gasteiger partial charge >= 0.3 is 0 Å². The van der Waals surface area contributed by atoms with Gasteiger partial charge in [-0.1, -0.05) is 12.8 Å². The van der Waals surface area contributed by atoms with Crippen LogP contribution >= 0.6 is 11.3 Å². The number of hydrogen-bond donors (Lipinski definition) is 0. The Kier molecular flexibility index (Phi) is 4.89. The van der Waals surface area contributed by atoms with E-state index < -0.39 is 0 Å². The number of thiazole rings is 1. The standard InChI is InChI=1S/C14H22N2OS/c1-11(17)8-14-6-4-3-5-7-16(14)9-13-10-18-12(2)15-13/h10,14H,3-9H2,1-2H3. The molecule has 1 aromatic heterocycles. The van der Waals surface area contributed by atoms with Crippen molar-refractivity contribution in [2.75, 3.05) is 6.54 Å². The highest BCUT2D eigenvalue weighted by molar-refractivity contribution is 7.09. The fourth-order valence-corrected chi connectivity index (χ4v) is 3.30. The SMILES string of the molecule is CC(=O)CC1CCCCCN1Cc1csc(C)n1. The molecule has 1 atom stereocenters. The molecule has 2 heterocycles. The van der Waals surface area contributed by atoms with Crippen molar-refractivity contribution in [1.82, 2.24) is 9.88 Å². The summed E-state index contributed by atoms with van der Waals surface area (Å²) in [5.74, 6) is 0.307. The fraction of sp³-hybridized carbons (Fsp3) is 0.714. The Labute approximate surface area is 113 Å². The highest BCUT2D eigenvalue weighted by Gasteiger charge is 2.22. The molecule has 0 bridgehead atoms. The molecule has 1 saturated heterocycles. The molecule has 0 aliphatic carbocycles. The lowest BCUT2D eigenvalue weighted by Gasteiger charge is -2.28. The van der Waals surface area contributed by atoms with Crippen molar-refractivity contribution >= 4 is 17.1 Å². The van der Waals surface area contributed by atoms with Crippen molar-refractivity contribution in [3.05, 3.63) is 16.1 Å². The summed E-state index contributed by atoms with van der Waals surface area (Å²) >= 11 is 1.71. The van der Waals surface area contributed by atoms with Crippen molar-refractivity contribution in [3.63, 3.8) is 0 Å². The van der Waals surface area contributed by atoms with E-state index >= 15 is 0 Å². The van der Waals surface area contributed by atoms with E-state index in [-0.39, 0.29) is 0 Å². The molecule has 1 unspecified atom stereocenters. The zero-order valence-electron chi connectivity index (χ0n) is 11.3. The van der Waals surface area contributed by atoms with Gasteiger partial charge in [0.1, 0.15) is 5.78 Å². The van der Waals surface area contributed by atoms with Crippen LogP contribution in [0.15, 0.2) is 5.38 Å². The predicted octanol–water partition coefficient (Wildman–Crippen LogP) is 3.18. The summed E-state index contributed by atoms with van der Waals surface area (Å²) in [7, 11) is 0. The van der Waals surface area contributed by atoms with E-state index in [9.17, 15) is 4.79 Å². The minimum Gasteiger partial charge on any atom is -0.300 e. The molecule has 1 aliphatic heterocycles. The molecule has 2 rings (SSSR count). The Morgan fingerprint density at radius 3 is 3.00 bits per heavy atom. The van der Waals surface area contributed by atoms with Gasteiger partial charge in [0.2, 0.25) is 0 Å². The number of aryl methyl sites for hydroxylation is 1.